The molecule has 4 heterocycles. The van der Waals surface area contributed by atoms with Crippen LogP contribution in [0.1, 0.15) is 6.42 Å². The number of pyridine rings is 1. The molecule has 1 aliphatic heterocycles. The molecule has 9 nitrogen and oxygen atoms in total. The van der Waals surface area contributed by atoms with Gasteiger partial charge in [0.25, 0.3) is 0 Å². The fourth-order valence-electron chi connectivity index (χ4n) is 4.04. The van der Waals surface area contributed by atoms with Gasteiger partial charge in [-0.1, -0.05) is 0 Å². The minimum Gasteiger partial charge on any atom is -0.497 e. The third kappa shape index (κ3) is 4.24. The van der Waals surface area contributed by atoms with Gasteiger partial charge in [0.05, 0.1) is 38.9 Å². The molecule has 10 heteroatoms. The number of hydrogen-bond donors (Lipinski definition) is 0. The molecule has 3 aromatic heterocycles. The highest BCUT2D eigenvalue weighted by Crippen LogP contribution is 2.32. The lowest BCUT2D eigenvalue weighted by Gasteiger charge is -2.15. The normalized spacial score (nSPS) is 16.4. The maximum Gasteiger partial charge on any atom is 0.190 e. The zero-order valence-electron chi connectivity index (χ0n) is 19.2. The van der Waals surface area contributed by atoms with E-state index in [-0.39, 0.29) is 17.4 Å². The molecule has 5 rings (SSSR count). The summed E-state index contributed by atoms with van der Waals surface area (Å²) in [4.78, 5) is 14.2. The number of benzene rings is 1. The Morgan fingerprint density at radius 2 is 2.09 bits per heavy atom. The fraction of sp³-hybridized carbons (Fsp3) is 0.333. The molecule has 176 valence electrons. The maximum atomic E-state index is 15.1. The Kier molecular flexibility index (Phi) is 5.97. The first-order valence-corrected chi connectivity index (χ1v) is 11.0. The largest absolute Gasteiger partial charge is 0.497 e. The second-order valence-corrected chi connectivity index (χ2v) is 8.17. The van der Waals surface area contributed by atoms with Gasteiger partial charge in [0.15, 0.2) is 17.2 Å². The Bertz CT molecular complexity index is 1410. The molecule has 1 unspecified atom stereocenters. The number of halogens is 1. The topological polar surface area (TPSA) is 88.6 Å². The molecule has 0 aliphatic carbocycles. The Morgan fingerprint density at radius 3 is 2.79 bits per heavy atom. The van der Waals surface area contributed by atoms with Gasteiger partial charge in [-0.15, -0.1) is 0 Å². The highest BCUT2D eigenvalue weighted by molar-refractivity contribution is 5.73. The molecule has 1 atom stereocenters. The Morgan fingerprint density at radius 1 is 1.21 bits per heavy atom. The van der Waals surface area contributed by atoms with E-state index in [1.807, 2.05) is 29.9 Å². The van der Waals surface area contributed by atoms with E-state index in [9.17, 15) is 0 Å². The Labute approximate surface area is 195 Å². The van der Waals surface area contributed by atoms with E-state index in [0.717, 1.165) is 18.6 Å². The molecule has 34 heavy (non-hydrogen) atoms. The van der Waals surface area contributed by atoms with Gasteiger partial charge in [-0.25, -0.2) is 14.4 Å². The van der Waals surface area contributed by atoms with Gasteiger partial charge in [0.2, 0.25) is 0 Å². The summed E-state index contributed by atoms with van der Waals surface area (Å²) in [6.07, 6.45) is 6.29. The predicted octanol–water partition coefficient (Wildman–Crippen LogP) is 3.26. The van der Waals surface area contributed by atoms with Crippen molar-refractivity contribution in [2.45, 2.75) is 13.0 Å². The number of fused-ring (bicyclic) bond motifs is 1. The minimum absolute atomic E-state index is 0.0632. The number of ether oxygens (including phenoxy) is 3. The highest BCUT2D eigenvalue weighted by atomic mass is 19.1. The summed E-state index contributed by atoms with van der Waals surface area (Å²) >= 11 is 0. The van der Waals surface area contributed by atoms with E-state index < -0.39 is 5.82 Å². The summed E-state index contributed by atoms with van der Waals surface area (Å²) in [5.41, 5.74) is 3.59. The van der Waals surface area contributed by atoms with Crippen molar-refractivity contribution in [1.29, 1.82) is 0 Å². The van der Waals surface area contributed by atoms with Gasteiger partial charge in [0, 0.05) is 50.0 Å². The number of hydrogen-bond acceptors (Lipinski definition) is 7. The van der Waals surface area contributed by atoms with Crippen LogP contribution in [0, 0.1) is 11.7 Å². The number of rotatable bonds is 6. The molecule has 0 bridgehead atoms. The maximum absolute atomic E-state index is 15.1. The van der Waals surface area contributed by atoms with Crippen LogP contribution in [0.4, 0.5) is 10.1 Å². The highest BCUT2D eigenvalue weighted by Gasteiger charge is 2.19. The van der Waals surface area contributed by atoms with Crippen LogP contribution in [0.25, 0.3) is 22.4 Å². The van der Waals surface area contributed by atoms with E-state index in [4.69, 9.17) is 19.2 Å². The van der Waals surface area contributed by atoms with E-state index in [1.54, 1.807) is 23.1 Å². The van der Waals surface area contributed by atoms with Gasteiger partial charge in [-0.2, -0.15) is 5.10 Å². The molecule has 1 aliphatic rings. The molecule has 4 aromatic rings. The van der Waals surface area contributed by atoms with Gasteiger partial charge >= 0.3 is 0 Å². The summed E-state index contributed by atoms with van der Waals surface area (Å²) in [6, 6.07) is 6.69. The summed E-state index contributed by atoms with van der Waals surface area (Å²) in [5, 5.41) is 4.24. The van der Waals surface area contributed by atoms with Gasteiger partial charge in [-0.3, -0.25) is 9.67 Å². The smallest absolute Gasteiger partial charge is 0.190 e. The van der Waals surface area contributed by atoms with E-state index >= 15 is 4.39 Å². The standard InChI is InChI=1S/C24H25FN6O3/c1-30-13-16(10-27-30)20-11-26-18-4-5-22(31(24(18)29-20)12-15-6-7-34-14-15)28-19-8-17(32-2)9-21(33-3)23(19)25/h4-5,8-11,13,15H,6-7,12,14H2,1-3H3. The molecular weight excluding hydrogens is 439 g/mol. The average molecular weight is 465 g/mol. The summed E-state index contributed by atoms with van der Waals surface area (Å²) in [6.45, 7) is 1.99. The van der Waals surface area contributed by atoms with Crippen molar-refractivity contribution in [1.82, 2.24) is 24.3 Å². The van der Waals surface area contributed by atoms with Gasteiger partial charge in [0.1, 0.15) is 22.4 Å². The van der Waals surface area contributed by atoms with Crippen molar-refractivity contribution in [3.05, 3.63) is 54.2 Å². The zero-order valence-corrected chi connectivity index (χ0v) is 19.2. The molecule has 0 spiro atoms. The van der Waals surface area contributed by atoms with Crippen molar-refractivity contribution < 1.29 is 18.6 Å². The lowest BCUT2D eigenvalue weighted by Crippen LogP contribution is -2.26. The number of aromatic nitrogens is 5. The first-order valence-electron chi connectivity index (χ1n) is 11.0. The first kappa shape index (κ1) is 22.0. The zero-order chi connectivity index (χ0) is 23.7. The van der Waals surface area contributed by atoms with Crippen molar-refractivity contribution in [2.24, 2.45) is 18.0 Å². The molecule has 1 saturated heterocycles. The SMILES string of the molecule is COc1cc(N=c2ccc3ncc(-c4cnn(C)c4)nc3n2CC2CCOC2)c(F)c(OC)c1. The van der Waals surface area contributed by atoms with Gasteiger partial charge in [-0.05, 0) is 18.6 Å². The third-order valence-corrected chi connectivity index (χ3v) is 5.85. The van der Waals surface area contributed by atoms with Crippen LogP contribution >= 0.6 is 0 Å². The van der Waals surface area contributed by atoms with Crippen LogP contribution in [-0.2, 0) is 18.3 Å². The predicted molar refractivity (Wildman–Crippen MR) is 123 cm³/mol. The van der Waals surface area contributed by atoms with E-state index in [2.05, 4.69) is 15.1 Å². The fourth-order valence-corrected chi connectivity index (χ4v) is 4.04. The van der Waals surface area contributed by atoms with Crippen LogP contribution in [0.15, 0.2) is 47.8 Å². The number of nitrogens with zero attached hydrogens (tertiary/aromatic N) is 6. The average Bonchev–Trinajstić information content (AvgIpc) is 3.53. The minimum atomic E-state index is -0.561. The summed E-state index contributed by atoms with van der Waals surface area (Å²) < 4.78 is 34.8. The first-order chi connectivity index (χ1) is 16.6. The number of methoxy groups -OCH3 is 2. The monoisotopic (exact) mass is 464 g/mol. The lowest BCUT2D eigenvalue weighted by molar-refractivity contribution is 0.182. The van der Waals surface area contributed by atoms with Crippen LogP contribution in [0.3, 0.4) is 0 Å². The van der Waals surface area contributed by atoms with Crippen molar-refractivity contribution in [2.75, 3.05) is 27.4 Å². The van der Waals surface area contributed by atoms with E-state index in [1.165, 1.54) is 20.3 Å². The summed E-state index contributed by atoms with van der Waals surface area (Å²) in [7, 11) is 4.78. The van der Waals surface area contributed by atoms with Crippen molar-refractivity contribution >= 4 is 16.9 Å². The third-order valence-electron chi connectivity index (χ3n) is 5.85. The molecule has 0 amide bonds. The summed E-state index contributed by atoms with van der Waals surface area (Å²) in [5.74, 6) is 0.243. The van der Waals surface area contributed by atoms with Gasteiger partial charge < -0.3 is 18.8 Å². The second kappa shape index (κ2) is 9.22. The van der Waals surface area contributed by atoms with Crippen molar-refractivity contribution in [3.8, 4) is 22.8 Å². The van der Waals surface area contributed by atoms with Crippen LogP contribution in [0.2, 0.25) is 0 Å². The van der Waals surface area contributed by atoms with Crippen LogP contribution in [0.5, 0.6) is 11.5 Å². The molecule has 1 aromatic carbocycles. The Balaban J connectivity index is 1.72. The molecule has 1 fully saturated rings. The molecule has 0 radical (unpaired) electrons. The van der Waals surface area contributed by atoms with E-state index in [0.29, 0.717) is 41.2 Å². The quantitative estimate of drug-likeness (QED) is 0.435. The lowest BCUT2D eigenvalue weighted by atomic mass is 10.1. The molecule has 0 N–H and O–H groups in total. The second-order valence-electron chi connectivity index (χ2n) is 8.17. The number of aryl methyl sites for hydroxylation is 1. The van der Waals surface area contributed by atoms with Crippen molar-refractivity contribution in [3.63, 3.8) is 0 Å². The Hall–Kier alpha value is -3.79. The molecule has 0 saturated carbocycles. The van der Waals surface area contributed by atoms with Crippen LogP contribution < -0.4 is 15.0 Å². The molecular formula is C24H25FN6O3. The van der Waals surface area contributed by atoms with Crippen LogP contribution in [-0.4, -0.2) is 51.7 Å².